The van der Waals surface area contributed by atoms with Gasteiger partial charge in [-0.1, -0.05) is 19.1 Å². The first-order valence-electron chi connectivity index (χ1n) is 11.8. The summed E-state index contributed by atoms with van der Waals surface area (Å²) in [4.78, 5) is 15.0. The van der Waals surface area contributed by atoms with Crippen LogP contribution in [0.25, 0.3) is 0 Å². The van der Waals surface area contributed by atoms with Crippen LogP contribution in [0.3, 0.4) is 0 Å². The fourth-order valence-electron chi connectivity index (χ4n) is 4.12. The molecule has 0 saturated carbocycles. The smallest absolute Gasteiger partial charge is 0.416 e. The second-order valence-electron chi connectivity index (χ2n) is 8.59. The Hall–Kier alpha value is -4.04. The molecule has 1 heterocycles. The van der Waals surface area contributed by atoms with Gasteiger partial charge < -0.3 is 15.0 Å². The van der Waals surface area contributed by atoms with Crippen molar-refractivity contribution in [1.82, 2.24) is 5.32 Å². The van der Waals surface area contributed by atoms with E-state index in [0.29, 0.717) is 29.2 Å². The fraction of sp³-hybridized carbons (Fsp3) is 0.259. The van der Waals surface area contributed by atoms with E-state index >= 15 is 0 Å². The summed E-state index contributed by atoms with van der Waals surface area (Å²) >= 11 is 0. The first-order valence-corrected chi connectivity index (χ1v) is 13.4. The van der Waals surface area contributed by atoms with Gasteiger partial charge in [-0.3, -0.25) is 4.79 Å². The van der Waals surface area contributed by atoms with E-state index in [1.807, 2.05) is 11.0 Å². The molecule has 7 nitrogen and oxygen atoms in total. The monoisotopic (exact) mass is 543 g/mol. The zero-order valence-corrected chi connectivity index (χ0v) is 21.1. The maximum absolute atomic E-state index is 13.1. The highest BCUT2D eigenvalue weighted by molar-refractivity contribution is 7.91. The number of carbonyl (C=O) groups is 1. The molecule has 11 heteroatoms. The van der Waals surface area contributed by atoms with Crippen LogP contribution in [0.5, 0.6) is 5.75 Å². The minimum atomic E-state index is -4.43. The molecule has 0 bridgehead atoms. The number of carbonyl (C=O) groups excluding carboxylic acids is 1. The Morgan fingerprint density at radius 2 is 1.79 bits per heavy atom. The second-order valence-corrected chi connectivity index (χ2v) is 10.9. The van der Waals surface area contributed by atoms with E-state index in [9.17, 15) is 31.6 Å². The number of hydrogen-bond acceptors (Lipinski definition) is 6. The Morgan fingerprint density at radius 1 is 1.11 bits per heavy atom. The Balaban J connectivity index is 1.54. The van der Waals surface area contributed by atoms with E-state index in [1.54, 1.807) is 37.3 Å². The number of sulfone groups is 1. The number of anilines is 2. The topological polar surface area (TPSA) is 99.5 Å². The molecule has 38 heavy (non-hydrogen) atoms. The van der Waals surface area contributed by atoms with Gasteiger partial charge in [0.1, 0.15) is 12.4 Å². The Bertz CT molecular complexity index is 1470. The number of halogens is 3. The Labute approximate surface area is 218 Å². The third kappa shape index (κ3) is 5.75. The van der Waals surface area contributed by atoms with Crippen molar-refractivity contribution in [3.05, 3.63) is 83.4 Å². The molecular weight excluding hydrogens is 519 g/mol. The van der Waals surface area contributed by atoms with Gasteiger partial charge in [0, 0.05) is 11.3 Å². The predicted octanol–water partition coefficient (Wildman–Crippen LogP) is 5.41. The predicted molar refractivity (Wildman–Crippen MR) is 135 cm³/mol. The molecule has 1 unspecified atom stereocenters. The van der Waals surface area contributed by atoms with Crippen LogP contribution in [0.15, 0.2) is 71.6 Å². The highest BCUT2D eigenvalue weighted by Gasteiger charge is 2.30. The Morgan fingerprint density at radius 3 is 2.39 bits per heavy atom. The number of nitrogens with one attached hydrogen (secondary N) is 1. The average Bonchev–Trinajstić information content (AvgIpc) is 2.91. The number of alkyl halides is 3. The molecule has 1 aliphatic heterocycles. The lowest BCUT2D eigenvalue weighted by atomic mass is 10.0. The van der Waals surface area contributed by atoms with Crippen LogP contribution in [-0.4, -0.2) is 33.2 Å². The number of rotatable bonds is 7. The molecular formula is C27H24F3N3O4S. The summed E-state index contributed by atoms with van der Waals surface area (Å²) in [7, 11) is -3.38. The summed E-state index contributed by atoms with van der Waals surface area (Å²) in [5, 5.41) is 12.1. The maximum atomic E-state index is 13.1. The molecule has 0 aromatic heterocycles. The van der Waals surface area contributed by atoms with Crippen LogP contribution in [0.2, 0.25) is 0 Å². The number of nitriles is 1. The van der Waals surface area contributed by atoms with Crippen LogP contribution in [0.1, 0.15) is 40.9 Å². The Kier molecular flexibility index (Phi) is 7.64. The van der Waals surface area contributed by atoms with Gasteiger partial charge in [-0.25, -0.2) is 8.42 Å². The zero-order chi connectivity index (χ0) is 27.5. The van der Waals surface area contributed by atoms with E-state index in [1.165, 1.54) is 24.3 Å². The molecule has 198 valence electrons. The van der Waals surface area contributed by atoms with E-state index in [0.717, 1.165) is 12.1 Å². The molecule has 0 radical (unpaired) electrons. The molecule has 1 aliphatic rings. The molecule has 0 saturated heterocycles. The number of benzene rings is 3. The zero-order valence-electron chi connectivity index (χ0n) is 20.3. The van der Waals surface area contributed by atoms with Crippen LogP contribution >= 0.6 is 0 Å². The lowest BCUT2D eigenvalue weighted by molar-refractivity contribution is -0.137. The van der Waals surface area contributed by atoms with Gasteiger partial charge >= 0.3 is 6.18 Å². The van der Waals surface area contributed by atoms with Crippen molar-refractivity contribution in [3.63, 3.8) is 0 Å². The lowest BCUT2D eigenvalue weighted by Gasteiger charge is -2.31. The van der Waals surface area contributed by atoms with Crippen molar-refractivity contribution in [2.75, 3.05) is 23.8 Å². The third-order valence-corrected chi connectivity index (χ3v) is 7.96. The number of nitrogens with zero attached hydrogens (tertiary/aromatic N) is 2. The van der Waals surface area contributed by atoms with Gasteiger partial charge in [0.05, 0.1) is 47.0 Å². The van der Waals surface area contributed by atoms with Crippen LogP contribution in [0.4, 0.5) is 24.5 Å². The first kappa shape index (κ1) is 27.0. The summed E-state index contributed by atoms with van der Waals surface area (Å²) < 4.78 is 68.7. The van der Waals surface area contributed by atoms with Gasteiger partial charge in [0.2, 0.25) is 0 Å². The second kappa shape index (κ2) is 10.8. The van der Waals surface area contributed by atoms with Gasteiger partial charge in [-0.2, -0.15) is 18.4 Å². The van der Waals surface area contributed by atoms with Crippen molar-refractivity contribution < 1.29 is 31.1 Å². The van der Waals surface area contributed by atoms with Gasteiger partial charge in [-0.15, -0.1) is 0 Å². The van der Waals surface area contributed by atoms with Crippen molar-refractivity contribution in [2.24, 2.45) is 0 Å². The average molecular weight is 544 g/mol. The summed E-state index contributed by atoms with van der Waals surface area (Å²) in [6.07, 6.45) is -4.46. The van der Waals surface area contributed by atoms with Gasteiger partial charge in [0.15, 0.2) is 9.84 Å². The van der Waals surface area contributed by atoms with Gasteiger partial charge in [0.25, 0.3) is 5.91 Å². The van der Waals surface area contributed by atoms with Crippen LogP contribution < -0.4 is 15.0 Å². The van der Waals surface area contributed by atoms with Crippen LogP contribution in [-0.2, 0) is 16.0 Å². The number of amides is 1. The molecule has 1 atom stereocenters. The van der Waals surface area contributed by atoms with E-state index in [-0.39, 0.29) is 29.2 Å². The van der Waals surface area contributed by atoms with E-state index in [2.05, 4.69) is 5.32 Å². The molecule has 3 aromatic rings. The summed E-state index contributed by atoms with van der Waals surface area (Å²) in [6.45, 7) is 2.23. The van der Waals surface area contributed by atoms with Crippen molar-refractivity contribution >= 4 is 27.1 Å². The first-order chi connectivity index (χ1) is 18.0. The number of fused-ring (bicyclic) bond motifs is 1. The molecule has 4 rings (SSSR count). The van der Waals surface area contributed by atoms with Crippen molar-refractivity contribution in [2.45, 2.75) is 30.5 Å². The molecule has 0 fully saturated rings. The number of hydrogen-bond donors (Lipinski definition) is 1. The van der Waals surface area contributed by atoms with E-state index in [4.69, 9.17) is 4.74 Å². The quantitative estimate of drug-likeness (QED) is 0.428. The summed E-state index contributed by atoms with van der Waals surface area (Å²) in [6, 6.07) is 17.0. The highest BCUT2D eigenvalue weighted by atomic mass is 32.2. The minimum Gasteiger partial charge on any atom is -0.490 e. The fourth-order valence-corrected chi connectivity index (χ4v) is 5.00. The SMILES string of the molecule is CCS(=O)(=O)c1ccc(C(CC#N)NC(=O)c2ccc3c(c2)OCCN3c2ccc(C(F)(F)F)cc2)cc1. The number of ether oxygens (including phenoxy) is 1. The standard InChI is InChI=1S/C27H24F3N3O4S/c1-2-38(35,36)22-10-3-18(4-11-22)23(13-14-31)32-26(34)19-5-12-24-25(17-19)37-16-15-33(24)21-8-6-20(7-9-21)27(28,29)30/h3-12,17,23H,2,13,15-16H2,1H3,(H,32,34). The van der Waals surface area contributed by atoms with Crippen LogP contribution in [0, 0.1) is 11.3 Å². The van der Waals surface area contributed by atoms with E-state index < -0.39 is 33.5 Å². The highest BCUT2D eigenvalue weighted by Crippen LogP contribution is 2.38. The largest absolute Gasteiger partial charge is 0.490 e. The summed E-state index contributed by atoms with van der Waals surface area (Å²) in [5.41, 5.74) is 1.27. The molecule has 0 aliphatic carbocycles. The molecule has 1 N–H and O–H groups in total. The normalized spacial score (nSPS) is 14.1. The minimum absolute atomic E-state index is 0.0330. The molecule has 1 amide bonds. The maximum Gasteiger partial charge on any atom is 0.416 e. The van der Waals surface area contributed by atoms with Crippen molar-refractivity contribution in [1.29, 1.82) is 5.26 Å². The van der Waals surface area contributed by atoms with Crippen molar-refractivity contribution in [3.8, 4) is 11.8 Å². The summed E-state index contributed by atoms with van der Waals surface area (Å²) in [5.74, 6) is -0.107. The lowest BCUT2D eigenvalue weighted by Crippen LogP contribution is -2.30. The molecule has 3 aromatic carbocycles. The van der Waals surface area contributed by atoms with Gasteiger partial charge in [-0.05, 0) is 60.2 Å². The molecule has 0 spiro atoms. The third-order valence-electron chi connectivity index (χ3n) is 6.21.